The third kappa shape index (κ3) is 18.0. The van der Waals surface area contributed by atoms with E-state index in [0.29, 0.717) is 5.41 Å². The van der Waals surface area contributed by atoms with Crippen LogP contribution >= 0.6 is 0 Å². The smallest absolute Gasteiger partial charge is 0.0146 e. The van der Waals surface area contributed by atoms with Crippen molar-refractivity contribution in [3.8, 4) is 0 Å². The summed E-state index contributed by atoms with van der Waals surface area (Å²) in [6.07, 6.45) is 31.2. The van der Waals surface area contributed by atoms with Crippen LogP contribution in [0, 0.1) is 98.2 Å². The van der Waals surface area contributed by atoms with E-state index in [1.54, 1.807) is 32.1 Å². The van der Waals surface area contributed by atoms with Crippen molar-refractivity contribution in [1.82, 2.24) is 0 Å². The van der Waals surface area contributed by atoms with Crippen molar-refractivity contribution in [3.63, 3.8) is 0 Å². The van der Waals surface area contributed by atoms with E-state index in [1.807, 2.05) is 13.8 Å². The number of benzene rings is 4. The van der Waals surface area contributed by atoms with Crippen molar-refractivity contribution in [2.45, 2.75) is 244 Å². The number of hydrogen-bond acceptors (Lipinski definition) is 0. The molecule has 6 aliphatic carbocycles. The van der Waals surface area contributed by atoms with Gasteiger partial charge in [0.05, 0.1) is 0 Å². The van der Waals surface area contributed by atoms with Crippen molar-refractivity contribution < 1.29 is 0 Å². The van der Waals surface area contributed by atoms with Gasteiger partial charge in [-0.15, -0.1) is 0 Å². The molecule has 6 saturated carbocycles. The lowest BCUT2D eigenvalue weighted by Crippen LogP contribution is -2.36. The van der Waals surface area contributed by atoms with Gasteiger partial charge in [-0.05, 0) is 178 Å². The van der Waals surface area contributed by atoms with Gasteiger partial charge in [-0.25, -0.2) is 0 Å². The van der Waals surface area contributed by atoms with E-state index in [-0.39, 0.29) is 5.41 Å². The largest absolute Gasteiger partial charge is 0.0683 e. The highest BCUT2D eigenvalue weighted by Crippen LogP contribution is 2.61. The number of fused-ring (bicyclic) bond motifs is 5. The maximum Gasteiger partial charge on any atom is 0.0146 e. The summed E-state index contributed by atoms with van der Waals surface area (Å²) in [5.41, 5.74) is 11.4. The fourth-order valence-electron chi connectivity index (χ4n) is 14.8. The predicted molar refractivity (Wildman–Crippen MR) is 324 cm³/mol. The molecular formula is C73H114. The average Bonchev–Trinajstić information content (AvgIpc) is 4.16. The predicted octanol–water partition coefficient (Wildman–Crippen LogP) is 22.3. The monoisotopic (exact) mass is 991 g/mol. The lowest BCUT2D eigenvalue weighted by atomic mass is 9.59. The molecule has 0 aliphatic heterocycles. The van der Waals surface area contributed by atoms with Gasteiger partial charge in [0, 0.05) is 5.41 Å². The van der Waals surface area contributed by atoms with Gasteiger partial charge in [0.1, 0.15) is 0 Å². The van der Waals surface area contributed by atoms with E-state index in [2.05, 4.69) is 187 Å². The van der Waals surface area contributed by atoms with Crippen molar-refractivity contribution in [1.29, 1.82) is 0 Å². The molecule has 4 aromatic carbocycles. The molecule has 4 aromatic rings. The van der Waals surface area contributed by atoms with Crippen LogP contribution in [0.3, 0.4) is 0 Å². The Bertz CT molecular complexity index is 1930. The number of aryl methyl sites for hydroxylation is 4. The second-order valence-electron chi connectivity index (χ2n) is 26.3. The SMILES string of the molecule is CC.CC1CCC(C(C)(C)C2CCC(C)CC2)CC1.CCC1CC2CC1C1CCCC21.CCC1CCC(CC)CC1.Cc1ccc(C(C)(C)c2ccc(C)cc2)cc1.Cc1ccc(Cc2ccc(C)cc2)cc1. The zero-order chi connectivity index (χ0) is 53.1. The van der Waals surface area contributed by atoms with Gasteiger partial charge >= 0.3 is 0 Å². The zero-order valence-electron chi connectivity index (χ0n) is 50.4. The summed E-state index contributed by atoms with van der Waals surface area (Å²) in [6.45, 7) is 34.1. The Kier molecular flexibility index (Phi) is 25.0. The van der Waals surface area contributed by atoms with Gasteiger partial charge in [0.25, 0.3) is 0 Å². The summed E-state index contributed by atoms with van der Waals surface area (Å²) in [6, 6.07) is 35.2. The first kappa shape index (κ1) is 60.7. The summed E-state index contributed by atoms with van der Waals surface area (Å²) < 4.78 is 0. The Morgan fingerprint density at radius 3 is 1.11 bits per heavy atom. The average molecular weight is 992 g/mol. The fraction of sp³-hybridized carbons (Fsp3) is 0.671. The first-order valence-corrected chi connectivity index (χ1v) is 31.3. The Balaban J connectivity index is 0.000000170. The fourth-order valence-corrected chi connectivity index (χ4v) is 14.8. The van der Waals surface area contributed by atoms with Crippen LogP contribution in [0.1, 0.15) is 249 Å². The highest BCUT2D eigenvalue weighted by Gasteiger charge is 2.52. The van der Waals surface area contributed by atoms with Crippen molar-refractivity contribution in [2.75, 3.05) is 0 Å². The molecule has 0 heteroatoms. The Morgan fingerprint density at radius 1 is 0.397 bits per heavy atom. The lowest BCUT2D eigenvalue weighted by Gasteiger charge is -2.46. The highest BCUT2D eigenvalue weighted by atomic mass is 14.6. The standard InChI is InChI=1S/C17H32.C17H20.C15H16.C12H20.C10H20.C2H6/c2*1-13-5-9-15(10-6-13)17(3,4)16-11-7-14(2)8-12-16;1-12-3-7-14(8-4-12)11-15-9-5-13(2)6-10-15;1-2-8-6-9-7-12(8)11-5-3-4-10(9)11;1-3-9-5-7-10(4-2)8-6-9;1-2/h13-16H,5-12H2,1-4H3;5-12H,1-4H3;3-10H,11H2,1-2H3;8-12H,2-7H2,1H3;9-10H,3-8H2,1-2H3;1-2H3. The first-order valence-electron chi connectivity index (χ1n) is 31.3. The maximum atomic E-state index is 2.58. The van der Waals surface area contributed by atoms with Gasteiger partial charge in [-0.3, -0.25) is 0 Å². The molecule has 0 N–H and O–H groups in total. The maximum absolute atomic E-state index is 2.58. The van der Waals surface area contributed by atoms with E-state index >= 15 is 0 Å². The summed E-state index contributed by atoms with van der Waals surface area (Å²) in [4.78, 5) is 0. The van der Waals surface area contributed by atoms with Crippen LogP contribution in [-0.2, 0) is 11.8 Å². The van der Waals surface area contributed by atoms with Gasteiger partial charge in [-0.1, -0.05) is 273 Å². The van der Waals surface area contributed by atoms with Crippen LogP contribution in [0.5, 0.6) is 0 Å². The molecule has 0 saturated heterocycles. The molecule has 5 atom stereocenters. The molecule has 6 fully saturated rings. The normalized spacial score (nSPS) is 28.2. The van der Waals surface area contributed by atoms with Crippen LogP contribution in [0.4, 0.5) is 0 Å². The van der Waals surface area contributed by atoms with Crippen LogP contribution in [0.15, 0.2) is 97.1 Å². The van der Waals surface area contributed by atoms with Gasteiger partial charge in [0.2, 0.25) is 0 Å². The molecule has 2 bridgehead atoms. The highest BCUT2D eigenvalue weighted by molar-refractivity contribution is 5.39. The second-order valence-corrected chi connectivity index (χ2v) is 26.3. The summed E-state index contributed by atoms with van der Waals surface area (Å²) in [5.74, 6) is 12.0. The Morgan fingerprint density at radius 2 is 0.753 bits per heavy atom. The molecule has 6 aliphatic rings. The van der Waals surface area contributed by atoms with E-state index in [9.17, 15) is 0 Å². The van der Waals surface area contributed by atoms with Crippen molar-refractivity contribution in [3.05, 3.63) is 142 Å². The van der Waals surface area contributed by atoms with Crippen molar-refractivity contribution in [2.24, 2.45) is 70.5 Å². The summed E-state index contributed by atoms with van der Waals surface area (Å²) >= 11 is 0. The molecule has 0 aromatic heterocycles. The third-order valence-corrected chi connectivity index (χ3v) is 20.5. The second kappa shape index (κ2) is 30.0. The minimum absolute atomic E-state index is 0.0708. The number of rotatable bonds is 9. The first-order chi connectivity index (χ1) is 35.0. The van der Waals surface area contributed by atoms with E-state index in [0.717, 1.165) is 47.8 Å². The molecule has 0 nitrogen and oxygen atoms in total. The van der Waals surface area contributed by atoms with Gasteiger partial charge in [0.15, 0.2) is 0 Å². The van der Waals surface area contributed by atoms with Crippen LogP contribution in [0.25, 0.3) is 0 Å². The summed E-state index contributed by atoms with van der Waals surface area (Å²) in [5, 5.41) is 0. The van der Waals surface area contributed by atoms with Gasteiger partial charge in [-0.2, -0.15) is 0 Å². The molecule has 0 radical (unpaired) electrons. The minimum Gasteiger partial charge on any atom is -0.0683 e. The van der Waals surface area contributed by atoms with Crippen LogP contribution in [-0.4, -0.2) is 0 Å². The van der Waals surface area contributed by atoms with Crippen LogP contribution < -0.4 is 0 Å². The molecule has 0 amide bonds. The third-order valence-electron chi connectivity index (χ3n) is 20.5. The molecule has 10 rings (SSSR count). The van der Waals surface area contributed by atoms with E-state index in [1.165, 1.54) is 164 Å². The molecule has 0 heterocycles. The van der Waals surface area contributed by atoms with E-state index < -0.39 is 0 Å². The zero-order valence-corrected chi connectivity index (χ0v) is 50.4. The molecule has 0 spiro atoms. The molecule has 73 heavy (non-hydrogen) atoms. The van der Waals surface area contributed by atoms with Crippen LogP contribution in [0.2, 0.25) is 0 Å². The summed E-state index contributed by atoms with van der Waals surface area (Å²) in [7, 11) is 0. The van der Waals surface area contributed by atoms with Crippen molar-refractivity contribution >= 4 is 0 Å². The number of hydrogen-bond donors (Lipinski definition) is 0. The quantitative estimate of drug-likeness (QED) is 0.157. The Labute approximate surface area is 453 Å². The molecule has 406 valence electrons. The molecular weight excluding hydrogens is 877 g/mol. The van der Waals surface area contributed by atoms with Gasteiger partial charge < -0.3 is 0 Å². The lowest BCUT2D eigenvalue weighted by molar-refractivity contribution is 0.0421. The minimum atomic E-state index is 0.0708. The topological polar surface area (TPSA) is 0 Å². The van der Waals surface area contributed by atoms with E-state index in [4.69, 9.17) is 0 Å². The Hall–Kier alpha value is -3.12. The molecule has 5 unspecified atom stereocenters.